The molecule has 1 heterocycles. The van der Waals surface area contributed by atoms with Crippen molar-refractivity contribution in [1.29, 1.82) is 0 Å². The summed E-state index contributed by atoms with van der Waals surface area (Å²) in [5.74, 6) is 0.609. The molecular formula is C21H23ClN4O2. The third-order valence-electron chi connectivity index (χ3n) is 4.80. The van der Waals surface area contributed by atoms with E-state index in [2.05, 4.69) is 10.1 Å². The highest BCUT2D eigenvalue weighted by Crippen LogP contribution is 2.27. The van der Waals surface area contributed by atoms with Crippen molar-refractivity contribution in [3.63, 3.8) is 0 Å². The van der Waals surface area contributed by atoms with Crippen LogP contribution in [-0.2, 0) is 4.79 Å². The van der Waals surface area contributed by atoms with Crippen LogP contribution in [0.1, 0.15) is 29.7 Å². The Kier molecular flexibility index (Phi) is 5.99. The van der Waals surface area contributed by atoms with Crippen molar-refractivity contribution in [2.24, 2.45) is 0 Å². The topological polar surface area (TPSA) is 60.2 Å². The minimum atomic E-state index is -0.0957. The van der Waals surface area contributed by atoms with Crippen LogP contribution < -0.4 is 4.74 Å². The molecule has 2 aromatic carbocycles. The fourth-order valence-electron chi connectivity index (χ4n) is 3.05. The van der Waals surface area contributed by atoms with Crippen molar-refractivity contribution < 1.29 is 9.53 Å². The number of nitrogens with zero attached hydrogens (tertiary/aromatic N) is 4. The van der Waals surface area contributed by atoms with Crippen LogP contribution in [0.5, 0.6) is 5.75 Å². The molecule has 0 unspecified atom stereocenters. The Morgan fingerprint density at radius 1 is 1.21 bits per heavy atom. The average molecular weight is 399 g/mol. The number of aromatic nitrogens is 3. The highest BCUT2D eigenvalue weighted by Gasteiger charge is 2.19. The molecular weight excluding hydrogens is 376 g/mol. The zero-order chi connectivity index (χ0) is 20.3. The van der Waals surface area contributed by atoms with Crippen LogP contribution in [-0.4, -0.2) is 39.2 Å². The largest absolute Gasteiger partial charge is 0.483 e. The van der Waals surface area contributed by atoms with Crippen LogP contribution in [0.15, 0.2) is 49.1 Å². The third kappa shape index (κ3) is 4.34. The number of rotatable bonds is 6. The Hall–Kier alpha value is -2.86. The van der Waals surface area contributed by atoms with E-state index < -0.39 is 0 Å². The van der Waals surface area contributed by atoms with Gasteiger partial charge in [-0.25, -0.2) is 9.67 Å². The molecule has 0 fully saturated rings. The molecule has 0 aliphatic rings. The van der Waals surface area contributed by atoms with Crippen molar-refractivity contribution >= 4 is 17.5 Å². The quantitative estimate of drug-likeness (QED) is 0.626. The van der Waals surface area contributed by atoms with E-state index in [1.807, 2.05) is 57.2 Å². The van der Waals surface area contributed by atoms with Gasteiger partial charge >= 0.3 is 0 Å². The monoisotopic (exact) mass is 398 g/mol. The number of hydrogen-bond acceptors (Lipinski definition) is 4. The number of hydrogen-bond donors (Lipinski definition) is 0. The number of benzene rings is 2. The van der Waals surface area contributed by atoms with Crippen LogP contribution in [0.25, 0.3) is 5.69 Å². The Labute approximate surface area is 169 Å². The lowest BCUT2D eigenvalue weighted by atomic mass is 10.1. The van der Waals surface area contributed by atoms with E-state index in [4.69, 9.17) is 16.3 Å². The Morgan fingerprint density at radius 2 is 1.86 bits per heavy atom. The number of carbonyl (C=O) groups is 1. The summed E-state index contributed by atoms with van der Waals surface area (Å²) in [6, 6.07) is 11.5. The first kappa shape index (κ1) is 19.9. The Morgan fingerprint density at radius 3 is 2.43 bits per heavy atom. The SMILES string of the molecule is Cc1cc(Cl)cc(C)c1OCC(=O)N(C)[C@@H](C)c1ccc(-n2cncn2)cc1. The van der Waals surface area contributed by atoms with Gasteiger partial charge in [0.25, 0.3) is 5.91 Å². The van der Waals surface area contributed by atoms with Gasteiger partial charge in [0, 0.05) is 12.1 Å². The second kappa shape index (κ2) is 8.44. The van der Waals surface area contributed by atoms with Crippen molar-refractivity contribution in [2.75, 3.05) is 13.7 Å². The number of halogens is 1. The molecule has 0 N–H and O–H groups in total. The van der Waals surface area contributed by atoms with E-state index in [9.17, 15) is 4.79 Å². The van der Waals surface area contributed by atoms with Gasteiger partial charge in [0.2, 0.25) is 0 Å². The normalized spacial score (nSPS) is 11.9. The molecule has 0 saturated heterocycles. The van der Waals surface area contributed by atoms with E-state index in [-0.39, 0.29) is 18.6 Å². The smallest absolute Gasteiger partial charge is 0.260 e. The van der Waals surface area contributed by atoms with Gasteiger partial charge in [-0.3, -0.25) is 4.79 Å². The summed E-state index contributed by atoms with van der Waals surface area (Å²) < 4.78 is 7.48. The first-order chi connectivity index (χ1) is 13.4. The summed E-state index contributed by atoms with van der Waals surface area (Å²) in [4.78, 5) is 18.3. The highest BCUT2D eigenvalue weighted by atomic mass is 35.5. The standard InChI is InChI=1S/C21H23ClN4O2/c1-14-9-18(22)10-15(2)21(14)28-11-20(27)25(4)16(3)17-5-7-19(8-6-17)26-13-23-12-24-26/h5-10,12-13,16H,11H2,1-4H3/t16-/m0/s1. The Balaban J connectivity index is 1.64. The van der Waals surface area contributed by atoms with Crippen LogP contribution in [0.4, 0.5) is 0 Å². The van der Waals surface area contributed by atoms with Crippen molar-refractivity contribution in [2.45, 2.75) is 26.8 Å². The second-order valence-corrected chi connectivity index (χ2v) is 7.21. The molecule has 6 nitrogen and oxygen atoms in total. The number of ether oxygens (including phenoxy) is 1. The lowest BCUT2D eigenvalue weighted by Crippen LogP contribution is -2.33. The van der Waals surface area contributed by atoms with Crippen LogP contribution >= 0.6 is 11.6 Å². The fraction of sp³-hybridized carbons (Fsp3) is 0.286. The number of likely N-dealkylation sites (N-methyl/N-ethyl adjacent to an activating group) is 1. The summed E-state index contributed by atoms with van der Waals surface area (Å²) in [5, 5.41) is 4.77. The van der Waals surface area contributed by atoms with Crippen molar-refractivity contribution in [1.82, 2.24) is 19.7 Å². The molecule has 7 heteroatoms. The van der Waals surface area contributed by atoms with Gasteiger partial charge in [-0.2, -0.15) is 5.10 Å². The summed E-state index contributed by atoms with van der Waals surface area (Å²) in [5.41, 5.74) is 3.77. The zero-order valence-corrected chi connectivity index (χ0v) is 17.1. The lowest BCUT2D eigenvalue weighted by Gasteiger charge is -2.26. The van der Waals surface area contributed by atoms with Crippen LogP contribution in [0.2, 0.25) is 5.02 Å². The fourth-order valence-corrected chi connectivity index (χ4v) is 3.37. The first-order valence-corrected chi connectivity index (χ1v) is 9.34. The van der Waals surface area contributed by atoms with Gasteiger partial charge < -0.3 is 9.64 Å². The minimum Gasteiger partial charge on any atom is -0.483 e. The maximum atomic E-state index is 12.6. The van der Waals surface area contributed by atoms with Crippen LogP contribution in [0.3, 0.4) is 0 Å². The van der Waals surface area contributed by atoms with Gasteiger partial charge in [-0.05, 0) is 61.7 Å². The molecule has 0 radical (unpaired) electrons. The van der Waals surface area contributed by atoms with E-state index in [1.54, 1.807) is 23.0 Å². The summed E-state index contributed by atoms with van der Waals surface area (Å²) in [6.45, 7) is 5.80. The van der Waals surface area contributed by atoms with E-state index in [1.165, 1.54) is 6.33 Å². The number of aryl methyl sites for hydroxylation is 2. The van der Waals surface area contributed by atoms with Crippen molar-refractivity contribution in [3.8, 4) is 11.4 Å². The molecule has 28 heavy (non-hydrogen) atoms. The molecule has 1 amide bonds. The molecule has 0 spiro atoms. The predicted molar refractivity (Wildman–Crippen MR) is 109 cm³/mol. The maximum absolute atomic E-state index is 12.6. The van der Waals surface area contributed by atoms with E-state index in [0.717, 1.165) is 22.4 Å². The molecule has 1 atom stereocenters. The van der Waals surface area contributed by atoms with Crippen molar-refractivity contribution in [3.05, 3.63) is 70.8 Å². The molecule has 3 aromatic rings. The lowest BCUT2D eigenvalue weighted by molar-refractivity contribution is -0.134. The molecule has 0 aliphatic heterocycles. The summed E-state index contributed by atoms with van der Waals surface area (Å²) in [7, 11) is 1.78. The molecule has 0 aliphatic carbocycles. The second-order valence-electron chi connectivity index (χ2n) is 6.77. The Bertz CT molecular complexity index is 932. The van der Waals surface area contributed by atoms with Gasteiger partial charge in [-0.15, -0.1) is 0 Å². The van der Waals surface area contributed by atoms with E-state index in [0.29, 0.717) is 10.8 Å². The number of carbonyl (C=O) groups excluding carboxylic acids is 1. The maximum Gasteiger partial charge on any atom is 0.260 e. The average Bonchev–Trinajstić information content (AvgIpc) is 3.20. The van der Waals surface area contributed by atoms with E-state index >= 15 is 0 Å². The third-order valence-corrected chi connectivity index (χ3v) is 5.02. The van der Waals surface area contributed by atoms with Gasteiger partial charge in [-0.1, -0.05) is 23.7 Å². The van der Waals surface area contributed by atoms with Gasteiger partial charge in [0.1, 0.15) is 18.4 Å². The van der Waals surface area contributed by atoms with Gasteiger partial charge in [0.05, 0.1) is 11.7 Å². The predicted octanol–water partition coefficient (Wildman–Crippen LogP) is 4.14. The molecule has 1 aromatic heterocycles. The zero-order valence-electron chi connectivity index (χ0n) is 16.4. The summed E-state index contributed by atoms with van der Waals surface area (Å²) >= 11 is 6.05. The van der Waals surface area contributed by atoms with Gasteiger partial charge in [0.15, 0.2) is 6.61 Å². The molecule has 0 saturated carbocycles. The molecule has 3 rings (SSSR count). The first-order valence-electron chi connectivity index (χ1n) is 8.97. The highest BCUT2D eigenvalue weighted by molar-refractivity contribution is 6.30. The number of amides is 1. The minimum absolute atomic E-state index is 0.0266. The summed E-state index contributed by atoms with van der Waals surface area (Å²) in [6.07, 6.45) is 3.14. The molecule has 0 bridgehead atoms. The van der Waals surface area contributed by atoms with Crippen LogP contribution in [0, 0.1) is 13.8 Å². The molecule has 146 valence electrons.